The van der Waals surface area contributed by atoms with Gasteiger partial charge in [-0.25, -0.2) is 0 Å². The van der Waals surface area contributed by atoms with Crippen LogP contribution >= 0.6 is 0 Å². The Kier molecular flexibility index (Phi) is 5.76. The van der Waals surface area contributed by atoms with Crippen LogP contribution in [-0.4, -0.2) is 0 Å². The van der Waals surface area contributed by atoms with Gasteiger partial charge in [-0.1, -0.05) is 170 Å². The summed E-state index contributed by atoms with van der Waals surface area (Å²) in [6.07, 6.45) is 0. The summed E-state index contributed by atoms with van der Waals surface area (Å²) in [6, 6.07) is 67.7. The van der Waals surface area contributed by atoms with E-state index in [1.165, 1.54) is 109 Å². The van der Waals surface area contributed by atoms with Crippen molar-refractivity contribution in [3.05, 3.63) is 182 Å². The maximum absolute atomic E-state index is 2.45. The van der Waals surface area contributed by atoms with Crippen LogP contribution in [0.3, 0.4) is 0 Å². The van der Waals surface area contributed by atoms with Crippen molar-refractivity contribution >= 4 is 53.9 Å². The van der Waals surface area contributed by atoms with Crippen molar-refractivity contribution in [3.63, 3.8) is 0 Å². The van der Waals surface area contributed by atoms with Gasteiger partial charge in [-0.05, 0) is 122 Å². The molecule has 1 aliphatic rings. The van der Waals surface area contributed by atoms with Gasteiger partial charge in [-0.2, -0.15) is 0 Å². The van der Waals surface area contributed by atoms with Gasteiger partial charge < -0.3 is 0 Å². The Morgan fingerprint density at radius 3 is 1.52 bits per heavy atom. The van der Waals surface area contributed by atoms with Crippen LogP contribution < -0.4 is 0 Å². The molecule has 0 unspecified atom stereocenters. The Balaban J connectivity index is 1.29. The van der Waals surface area contributed by atoms with Crippen molar-refractivity contribution in [2.45, 2.75) is 0 Å². The summed E-state index contributed by atoms with van der Waals surface area (Å²) < 4.78 is 0. The number of hydrogen-bond donors (Lipinski definition) is 0. The van der Waals surface area contributed by atoms with E-state index in [0.29, 0.717) is 0 Å². The molecule has 0 N–H and O–H groups in total. The molecule has 50 heavy (non-hydrogen) atoms. The summed E-state index contributed by atoms with van der Waals surface area (Å²) in [5.74, 6) is 0. The van der Waals surface area contributed by atoms with Crippen molar-refractivity contribution in [1.29, 1.82) is 0 Å². The topological polar surface area (TPSA) is 0 Å². The normalized spacial score (nSPS) is 12.0. The first-order chi connectivity index (χ1) is 24.8. The minimum absolute atomic E-state index is 1.22. The predicted octanol–water partition coefficient (Wildman–Crippen LogP) is 14.1. The summed E-state index contributed by atoms with van der Waals surface area (Å²) in [4.78, 5) is 0. The lowest BCUT2D eigenvalue weighted by Gasteiger charge is -2.21. The monoisotopic (exact) mass is 630 g/mol. The van der Waals surface area contributed by atoms with E-state index in [4.69, 9.17) is 0 Å². The van der Waals surface area contributed by atoms with Crippen molar-refractivity contribution in [2.75, 3.05) is 0 Å². The lowest BCUT2D eigenvalue weighted by molar-refractivity contribution is 1.66. The predicted molar refractivity (Wildman–Crippen MR) is 215 cm³/mol. The van der Waals surface area contributed by atoms with E-state index in [-0.39, 0.29) is 0 Å². The molecule has 10 aromatic carbocycles. The zero-order valence-electron chi connectivity index (χ0n) is 27.3. The van der Waals surface area contributed by atoms with Crippen molar-refractivity contribution in [2.24, 2.45) is 0 Å². The highest BCUT2D eigenvalue weighted by Crippen LogP contribution is 2.52. The molecule has 0 aliphatic heterocycles. The van der Waals surface area contributed by atoms with Crippen LogP contribution in [0.1, 0.15) is 0 Å². The van der Waals surface area contributed by atoms with Crippen molar-refractivity contribution in [1.82, 2.24) is 0 Å². The fraction of sp³-hybridized carbons (Fsp3) is 0. The first-order valence-corrected chi connectivity index (χ1v) is 17.4. The van der Waals surface area contributed by atoms with Crippen LogP contribution in [0.5, 0.6) is 0 Å². The summed E-state index contributed by atoms with van der Waals surface area (Å²) in [7, 11) is 0. The number of hydrogen-bond acceptors (Lipinski definition) is 0. The standard InChI is InChI=1S/C50H30/c1-2-13-33-29-34(24-23-31(33)11-1)35-25-26-46-47(30-35)50(45-28-27-44-38-17-6-5-16-37(38)40-21-10-22-43(45)49(40)44)42-19-8-7-18-41(42)48(46)39-20-9-14-32-12-3-4-15-36(32)39/h1-30H. The molecular formula is C50H30. The maximum Gasteiger partial charge on any atom is -0.00199 e. The van der Waals surface area contributed by atoms with Gasteiger partial charge in [0.05, 0.1) is 0 Å². The molecule has 1 aliphatic carbocycles. The van der Waals surface area contributed by atoms with Crippen molar-refractivity contribution < 1.29 is 0 Å². The molecule has 0 atom stereocenters. The zero-order chi connectivity index (χ0) is 32.8. The molecule has 0 saturated heterocycles. The number of benzene rings is 10. The van der Waals surface area contributed by atoms with Gasteiger partial charge in [0, 0.05) is 0 Å². The van der Waals surface area contributed by atoms with E-state index in [0.717, 1.165) is 0 Å². The molecule has 0 nitrogen and oxygen atoms in total. The van der Waals surface area contributed by atoms with E-state index >= 15 is 0 Å². The quantitative estimate of drug-likeness (QED) is 0.170. The SMILES string of the molecule is c1ccc2c(c1)-c1cccc3c(-c4c5ccccc5c(-c5cccc6ccccc56)c5ccc(-c6ccc7ccccc7c6)cc45)ccc-2c13. The van der Waals surface area contributed by atoms with Gasteiger partial charge >= 0.3 is 0 Å². The molecule has 0 heteroatoms. The molecule has 0 heterocycles. The molecule has 230 valence electrons. The third-order valence-electron chi connectivity index (χ3n) is 11.0. The van der Waals surface area contributed by atoms with Crippen LogP contribution in [0.15, 0.2) is 182 Å². The van der Waals surface area contributed by atoms with Gasteiger partial charge in [0.2, 0.25) is 0 Å². The third kappa shape index (κ3) is 3.88. The van der Waals surface area contributed by atoms with E-state index < -0.39 is 0 Å². The summed E-state index contributed by atoms with van der Waals surface area (Å²) >= 11 is 0. The van der Waals surface area contributed by atoms with Crippen LogP contribution in [0.25, 0.3) is 109 Å². The van der Waals surface area contributed by atoms with E-state index in [1.807, 2.05) is 0 Å². The van der Waals surface area contributed by atoms with E-state index in [2.05, 4.69) is 182 Å². The van der Waals surface area contributed by atoms with E-state index in [9.17, 15) is 0 Å². The average Bonchev–Trinajstić information content (AvgIpc) is 3.51. The van der Waals surface area contributed by atoms with Crippen LogP contribution in [0.2, 0.25) is 0 Å². The van der Waals surface area contributed by atoms with E-state index in [1.54, 1.807) is 0 Å². The van der Waals surface area contributed by atoms with Crippen molar-refractivity contribution in [3.8, 4) is 55.6 Å². The number of rotatable bonds is 3. The fourth-order valence-electron chi connectivity index (χ4n) is 8.78. The molecule has 11 rings (SSSR count). The van der Waals surface area contributed by atoms with Gasteiger partial charge in [0.25, 0.3) is 0 Å². The Bertz CT molecular complexity index is 3000. The van der Waals surface area contributed by atoms with Gasteiger partial charge in [0.1, 0.15) is 0 Å². The lowest BCUT2D eigenvalue weighted by atomic mass is 9.82. The summed E-state index contributed by atoms with van der Waals surface area (Å²) in [6.45, 7) is 0. The van der Waals surface area contributed by atoms with Crippen LogP contribution in [0.4, 0.5) is 0 Å². The second-order valence-electron chi connectivity index (χ2n) is 13.6. The lowest BCUT2D eigenvalue weighted by Crippen LogP contribution is -1.93. The summed E-state index contributed by atoms with van der Waals surface area (Å²) in [5, 5.41) is 12.8. The minimum atomic E-state index is 1.22. The molecule has 0 aromatic heterocycles. The molecule has 0 amide bonds. The smallest absolute Gasteiger partial charge is 0.00199 e. The second-order valence-corrected chi connectivity index (χ2v) is 13.6. The second kappa shape index (κ2) is 10.5. The maximum atomic E-state index is 2.45. The zero-order valence-corrected chi connectivity index (χ0v) is 27.3. The van der Waals surface area contributed by atoms with Gasteiger partial charge in [-0.3, -0.25) is 0 Å². The molecule has 0 bridgehead atoms. The first-order valence-electron chi connectivity index (χ1n) is 17.4. The highest BCUT2D eigenvalue weighted by molar-refractivity contribution is 6.27. The Hall–Kier alpha value is -6.50. The molecule has 0 radical (unpaired) electrons. The molecule has 0 fully saturated rings. The number of fused-ring (bicyclic) bond motifs is 7. The molecular weight excluding hydrogens is 601 g/mol. The van der Waals surface area contributed by atoms with Crippen LogP contribution in [-0.2, 0) is 0 Å². The fourth-order valence-corrected chi connectivity index (χ4v) is 8.78. The van der Waals surface area contributed by atoms with Gasteiger partial charge in [0.15, 0.2) is 0 Å². The first kappa shape index (κ1) is 27.5. The highest BCUT2D eigenvalue weighted by atomic mass is 14.3. The third-order valence-corrected chi connectivity index (χ3v) is 11.0. The molecule has 0 saturated carbocycles. The molecule has 10 aromatic rings. The Morgan fingerprint density at radius 2 is 0.700 bits per heavy atom. The Labute approximate surface area is 290 Å². The van der Waals surface area contributed by atoms with Crippen LogP contribution in [0, 0.1) is 0 Å². The minimum Gasteiger partial charge on any atom is -0.0616 e. The van der Waals surface area contributed by atoms with Gasteiger partial charge in [-0.15, -0.1) is 0 Å². The average molecular weight is 631 g/mol. The highest BCUT2D eigenvalue weighted by Gasteiger charge is 2.25. The summed E-state index contributed by atoms with van der Waals surface area (Å²) in [5.41, 5.74) is 12.9. The Morgan fingerprint density at radius 1 is 0.220 bits per heavy atom. The largest absolute Gasteiger partial charge is 0.0616 e. The molecule has 0 spiro atoms.